The van der Waals surface area contributed by atoms with E-state index in [0.717, 1.165) is 4.90 Å². The molecule has 0 bridgehead atoms. The van der Waals surface area contributed by atoms with E-state index in [0.29, 0.717) is 27.5 Å². The smallest absolute Gasteiger partial charge is 0.338 e. The summed E-state index contributed by atoms with van der Waals surface area (Å²) < 4.78 is 5.02. The van der Waals surface area contributed by atoms with Gasteiger partial charge in [-0.05, 0) is 48.5 Å². The normalized spacial score (nSPS) is 12.5. The zero-order chi connectivity index (χ0) is 22.0. The predicted molar refractivity (Wildman–Crippen MR) is 114 cm³/mol. The van der Waals surface area contributed by atoms with Crippen LogP contribution in [0.4, 0.5) is 11.4 Å². The summed E-state index contributed by atoms with van der Waals surface area (Å²) in [6.07, 6.45) is 0. The van der Waals surface area contributed by atoms with Gasteiger partial charge in [0, 0.05) is 0 Å². The number of benzene rings is 3. The molecule has 0 radical (unpaired) electrons. The maximum atomic E-state index is 12.5. The van der Waals surface area contributed by atoms with Gasteiger partial charge in [-0.3, -0.25) is 14.4 Å². The molecule has 0 aromatic heterocycles. The van der Waals surface area contributed by atoms with Gasteiger partial charge in [0.1, 0.15) is 0 Å². The summed E-state index contributed by atoms with van der Waals surface area (Å²) in [6.45, 7) is -0.496. The second-order valence-electron chi connectivity index (χ2n) is 6.64. The Kier molecular flexibility index (Phi) is 5.51. The minimum atomic E-state index is -0.719. The first kappa shape index (κ1) is 20.3. The summed E-state index contributed by atoms with van der Waals surface area (Å²) in [5.41, 5.74) is 1.58. The third-order valence-corrected chi connectivity index (χ3v) is 4.97. The molecule has 0 fully saturated rings. The van der Waals surface area contributed by atoms with Gasteiger partial charge in [-0.2, -0.15) is 0 Å². The number of rotatable bonds is 5. The summed E-state index contributed by atoms with van der Waals surface area (Å²) in [5, 5.41) is 2.92. The molecule has 0 saturated carbocycles. The molecule has 0 atom stereocenters. The van der Waals surface area contributed by atoms with Crippen LogP contribution < -0.4 is 10.2 Å². The molecular weight excluding hydrogens is 420 g/mol. The number of amides is 3. The van der Waals surface area contributed by atoms with Gasteiger partial charge >= 0.3 is 5.97 Å². The number of hydrogen-bond acceptors (Lipinski definition) is 5. The lowest BCUT2D eigenvalue weighted by Crippen LogP contribution is -2.29. The van der Waals surface area contributed by atoms with Crippen molar-refractivity contribution in [2.24, 2.45) is 0 Å². The monoisotopic (exact) mass is 434 g/mol. The van der Waals surface area contributed by atoms with E-state index in [1.165, 1.54) is 24.3 Å². The van der Waals surface area contributed by atoms with Crippen molar-refractivity contribution in [3.63, 3.8) is 0 Å². The first-order chi connectivity index (χ1) is 15.0. The van der Waals surface area contributed by atoms with Crippen LogP contribution in [0.15, 0.2) is 72.8 Å². The lowest BCUT2D eigenvalue weighted by Gasteiger charge is -2.14. The van der Waals surface area contributed by atoms with Crippen LogP contribution in [0.2, 0.25) is 5.02 Å². The number of imide groups is 1. The van der Waals surface area contributed by atoms with Gasteiger partial charge in [0.15, 0.2) is 6.61 Å². The summed E-state index contributed by atoms with van der Waals surface area (Å²) >= 11 is 5.97. The average Bonchev–Trinajstić information content (AvgIpc) is 3.04. The number of para-hydroxylation sites is 1. The number of carbonyl (C=O) groups excluding carboxylic acids is 4. The second-order valence-corrected chi connectivity index (χ2v) is 7.05. The maximum Gasteiger partial charge on any atom is 0.338 e. The average molecular weight is 435 g/mol. The second kappa shape index (κ2) is 8.41. The van der Waals surface area contributed by atoms with Crippen molar-refractivity contribution in [1.82, 2.24) is 0 Å². The molecule has 1 aliphatic rings. The minimum absolute atomic E-state index is 0.172. The Labute approximate surface area is 182 Å². The molecule has 31 heavy (non-hydrogen) atoms. The molecular formula is C23H15ClN2O5. The summed E-state index contributed by atoms with van der Waals surface area (Å²) in [6, 6.07) is 19.0. The Morgan fingerprint density at radius 1 is 0.839 bits per heavy atom. The molecule has 3 aromatic rings. The van der Waals surface area contributed by atoms with Crippen LogP contribution in [0.5, 0.6) is 0 Å². The van der Waals surface area contributed by atoms with Crippen LogP contribution in [0.3, 0.4) is 0 Å². The van der Waals surface area contributed by atoms with Gasteiger partial charge in [-0.1, -0.05) is 35.9 Å². The molecule has 1 N–H and O–H groups in total. The predicted octanol–water partition coefficient (Wildman–Crippen LogP) is 3.94. The molecule has 3 amide bonds. The highest BCUT2D eigenvalue weighted by Gasteiger charge is 2.36. The van der Waals surface area contributed by atoms with Crippen molar-refractivity contribution in [3.8, 4) is 0 Å². The lowest BCUT2D eigenvalue weighted by molar-refractivity contribution is -0.119. The zero-order valence-corrected chi connectivity index (χ0v) is 16.8. The highest BCUT2D eigenvalue weighted by Crippen LogP contribution is 2.28. The lowest BCUT2D eigenvalue weighted by atomic mass is 10.1. The first-order valence-corrected chi connectivity index (χ1v) is 9.63. The van der Waals surface area contributed by atoms with Gasteiger partial charge in [0.2, 0.25) is 0 Å². The SMILES string of the molecule is O=C(COC(=O)c1ccc(N2C(=O)c3ccccc3C2=O)cc1)Nc1ccccc1Cl. The van der Waals surface area contributed by atoms with Crippen molar-refractivity contribution in [2.75, 3.05) is 16.8 Å². The van der Waals surface area contributed by atoms with Crippen molar-refractivity contribution >= 4 is 46.7 Å². The number of nitrogens with one attached hydrogen (secondary N) is 1. The molecule has 0 spiro atoms. The fourth-order valence-electron chi connectivity index (χ4n) is 3.13. The molecule has 0 unspecified atom stereocenters. The third-order valence-electron chi connectivity index (χ3n) is 4.64. The summed E-state index contributed by atoms with van der Waals surface area (Å²) in [4.78, 5) is 50.3. The Balaban J connectivity index is 1.39. The van der Waals surface area contributed by atoms with Gasteiger partial charge in [-0.15, -0.1) is 0 Å². The molecule has 1 heterocycles. The largest absolute Gasteiger partial charge is 0.452 e. The van der Waals surface area contributed by atoms with Crippen LogP contribution >= 0.6 is 11.6 Å². The van der Waals surface area contributed by atoms with E-state index in [1.807, 2.05) is 0 Å². The molecule has 8 heteroatoms. The summed E-state index contributed by atoms with van der Waals surface area (Å²) in [7, 11) is 0. The van der Waals surface area contributed by atoms with Crippen LogP contribution in [0.25, 0.3) is 0 Å². The number of carbonyl (C=O) groups is 4. The molecule has 1 aliphatic heterocycles. The molecule has 154 valence electrons. The third kappa shape index (κ3) is 4.04. The molecule has 0 aliphatic carbocycles. The number of anilines is 2. The van der Waals surface area contributed by atoms with E-state index in [-0.39, 0.29) is 5.56 Å². The summed E-state index contributed by atoms with van der Waals surface area (Å²) in [5.74, 6) is -2.10. The number of nitrogens with zero attached hydrogens (tertiary/aromatic N) is 1. The van der Waals surface area contributed by atoms with Crippen molar-refractivity contribution in [3.05, 3.63) is 94.5 Å². The van der Waals surface area contributed by atoms with Gasteiger partial charge < -0.3 is 10.1 Å². The van der Waals surface area contributed by atoms with Crippen LogP contribution in [-0.4, -0.2) is 30.3 Å². The highest BCUT2D eigenvalue weighted by molar-refractivity contribution is 6.34. The first-order valence-electron chi connectivity index (χ1n) is 9.25. The Bertz CT molecular complexity index is 1170. The van der Waals surface area contributed by atoms with Crippen molar-refractivity contribution < 1.29 is 23.9 Å². The zero-order valence-electron chi connectivity index (χ0n) is 16.0. The fourth-order valence-corrected chi connectivity index (χ4v) is 3.32. The van der Waals surface area contributed by atoms with Crippen molar-refractivity contribution in [2.45, 2.75) is 0 Å². The molecule has 7 nitrogen and oxygen atoms in total. The van der Waals surface area contributed by atoms with E-state index in [4.69, 9.17) is 16.3 Å². The fraction of sp³-hybridized carbons (Fsp3) is 0.0435. The molecule has 4 rings (SSSR count). The Morgan fingerprint density at radius 3 is 2.03 bits per heavy atom. The maximum absolute atomic E-state index is 12.5. The highest BCUT2D eigenvalue weighted by atomic mass is 35.5. The standard InChI is InChI=1S/C23H15ClN2O5/c24-18-7-3-4-8-19(18)25-20(27)13-31-23(30)14-9-11-15(12-10-14)26-21(28)16-5-1-2-6-17(16)22(26)29/h1-12H,13H2,(H,25,27). The van der Waals surface area contributed by atoms with Crippen LogP contribution in [0.1, 0.15) is 31.1 Å². The van der Waals surface area contributed by atoms with E-state index in [2.05, 4.69) is 5.32 Å². The van der Waals surface area contributed by atoms with Crippen LogP contribution in [-0.2, 0) is 9.53 Å². The van der Waals surface area contributed by atoms with Gasteiger partial charge in [-0.25, -0.2) is 9.69 Å². The quantitative estimate of drug-likeness (QED) is 0.485. The molecule has 3 aromatic carbocycles. The van der Waals surface area contributed by atoms with E-state index >= 15 is 0 Å². The number of halogens is 1. The Hall–Kier alpha value is -3.97. The number of hydrogen-bond donors (Lipinski definition) is 1. The molecule has 0 saturated heterocycles. The van der Waals surface area contributed by atoms with Gasteiger partial charge in [0.25, 0.3) is 17.7 Å². The van der Waals surface area contributed by atoms with Crippen molar-refractivity contribution in [1.29, 1.82) is 0 Å². The number of esters is 1. The van der Waals surface area contributed by atoms with Gasteiger partial charge in [0.05, 0.1) is 33.1 Å². The Morgan fingerprint density at radius 2 is 1.42 bits per heavy atom. The van der Waals surface area contributed by atoms with E-state index in [1.54, 1.807) is 48.5 Å². The minimum Gasteiger partial charge on any atom is -0.452 e. The topological polar surface area (TPSA) is 92.8 Å². The number of ether oxygens (including phenoxy) is 1. The van der Waals surface area contributed by atoms with E-state index in [9.17, 15) is 19.2 Å². The van der Waals surface area contributed by atoms with Crippen LogP contribution in [0, 0.1) is 0 Å². The number of fused-ring (bicyclic) bond motifs is 1. The van der Waals surface area contributed by atoms with E-state index < -0.39 is 30.3 Å².